The maximum Gasteiger partial charge on any atom is 0.416 e. The van der Waals surface area contributed by atoms with Crippen LogP contribution in [0.15, 0.2) is 54.6 Å². The number of para-hydroxylation sites is 1. The zero-order chi connectivity index (χ0) is 21.3. The number of carbonyl (C=O) groups is 2. The second-order valence-corrected chi connectivity index (χ2v) is 7.06. The smallest absolute Gasteiger partial charge is 0.416 e. The highest BCUT2D eigenvalue weighted by molar-refractivity contribution is 7.98. The second-order valence-electron chi connectivity index (χ2n) is 6.07. The van der Waals surface area contributed by atoms with Crippen LogP contribution < -0.4 is 15.4 Å². The first-order chi connectivity index (χ1) is 13.8. The molecule has 1 atom stereocenters. The number of ether oxygens (including phenoxy) is 1. The number of nitrogens with one attached hydrogen (secondary N) is 2. The summed E-state index contributed by atoms with van der Waals surface area (Å²) in [5.41, 5.74) is -0.856. The fourth-order valence-corrected chi connectivity index (χ4v) is 2.88. The molecule has 0 aliphatic rings. The number of thioether (sulfide) groups is 1. The van der Waals surface area contributed by atoms with E-state index in [1.54, 1.807) is 24.3 Å². The Labute approximate surface area is 171 Å². The van der Waals surface area contributed by atoms with E-state index in [4.69, 9.17) is 4.74 Å². The number of alkyl halides is 3. The molecule has 0 aliphatic heterocycles. The number of amides is 2. The molecule has 2 aromatic rings. The maximum absolute atomic E-state index is 12.8. The van der Waals surface area contributed by atoms with E-state index in [-0.39, 0.29) is 12.3 Å². The van der Waals surface area contributed by atoms with Crippen LogP contribution in [0.1, 0.15) is 12.0 Å². The van der Waals surface area contributed by atoms with Crippen molar-refractivity contribution >= 4 is 29.3 Å². The summed E-state index contributed by atoms with van der Waals surface area (Å²) >= 11 is 1.49. The largest absolute Gasteiger partial charge is 0.484 e. The van der Waals surface area contributed by atoms with E-state index in [2.05, 4.69) is 10.6 Å². The third-order valence-corrected chi connectivity index (χ3v) is 4.48. The predicted octanol–water partition coefficient (Wildman–Crippen LogP) is 3.96. The lowest BCUT2D eigenvalue weighted by Crippen LogP contribution is -2.45. The third kappa shape index (κ3) is 7.69. The Hall–Kier alpha value is -2.68. The molecule has 0 aromatic heterocycles. The number of benzene rings is 2. The van der Waals surface area contributed by atoms with Crippen LogP contribution in [0, 0.1) is 0 Å². The van der Waals surface area contributed by atoms with Crippen LogP contribution in [0.3, 0.4) is 0 Å². The molecule has 0 bridgehead atoms. The summed E-state index contributed by atoms with van der Waals surface area (Å²) in [6, 6.07) is 12.2. The molecule has 2 rings (SSSR count). The van der Waals surface area contributed by atoms with Crippen molar-refractivity contribution < 1.29 is 27.5 Å². The monoisotopic (exact) mass is 426 g/mol. The molecule has 29 heavy (non-hydrogen) atoms. The molecule has 2 N–H and O–H groups in total. The lowest BCUT2D eigenvalue weighted by molar-refractivity contribution is -0.137. The van der Waals surface area contributed by atoms with Crippen molar-refractivity contribution in [1.82, 2.24) is 5.32 Å². The highest BCUT2D eigenvalue weighted by Gasteiger charge is 2.30. The van der Waals surface area contributed by atoms with Crippen LogP contribution in [0.2, 0.25) is 0 Å². The van der Waals surface area contributed by atoms with E-state index in [0.29, 0.717) is 17.9 Å². The van der Waals surface area contributed by atoms with Gasteiger partial charge in [-0.2, -0.15) is 24.9 Å². The SMILES string of the molecule is CSCC[C@@H](NC(=O)COc1ccccc1)C(=O)Nc1cccc(C(F)(F)F)c1. The predicted molar refractivity (Wildman–Crippen MR) is 107 cm³/mol. The molecule has 2 aromatic carbocycles. The standard InChI is InChI=1S/C20H21F3N2O3S/c1-29-11-10-17(25-18(26)13-28-16-8-3-2-4-9-16)19(27)24-15-7-5-6-14(12-15)20(21,22)23/h2-9,12,17H,10-11,13H2,1H3,(H,24,27)(H,25,26)/t17-/m1/s1. The number of anilines is 1. The van der Waals surface area contributed by atoms with E-state index in [1.807, 2.05) is 12.3 Å². The molecule has 0 aliphatic carbocycles. The van der Waals surface area contributed by atoms with Gasteiger partial charge in [0.2, 0.25) is 5.91 Å². The van der Waals surface area contributed by atoms with Crippen LogP contribution in [0.25, 0.3) is 0 Å². The van der Waals surface area contributed by atoms with Gasteiger partial charge in [0.05, 0.1) is 5.56 Å². The normalized spacial score (nSPS) is 12.1. The fraction of sp³-hybridized carbons (Fsp3) is 0.300. The average Bonchev–Trinajstić information content (AvgIpc) is 2.70. The van der Waals surface area contributed by atoms with Crippen LogP contribution in [-0.2, 0) is 15.8 Å². The van der Waals surface area contributed by atoms with Crippen molar-refractivity contribution in [2.75, 3.05) is 23.9 Å². The van der Waals surface area contributed by atoms with Crippen molar-refractivity contribution in [3.05, 3.63) is 60.2 Å². The number of halogens is 3. The van der Waals surface area contributed by atoms with Crippen LogP contribution in [-0.4, -0.2) is 36.5 Å². The lowest BCUT2D eigenvalue weighted by Gasteiger charge is -2.19. The highest BCUT2D eigenvalue weighted by Crippen LogP contribution is 2.30. The lowest BCUT2D eigenvalue weighted by atomic mass is 10.1. The van der Waals surface area contributed by atoms with Gasteiger partial charge in [-0.3, -0.25) is 9.59 Å². The third-order valence-electron chi connectivity index (χ3n) is 3.83. The number of carbonyl (C=O) groups excluding carboxylic acids is 2. The van der Waals surface area contributed by atoms with Gasteiger partial charge in [-0.1, -0.05) is 24.3 Å². The highest BCUT2D eigenvalue weighted by atomic mass is 32.2. The van der Waals surface area contributed by atoms with Gasteiger partial charge in [-0.05, 0) is 48.8 Å². The van der Waals surface area contributed by atoms with Gasteiger partial charge in [0.1, 0.15) is 11.8 Å². The van der Waals surface area contributed by atoms with Crippen molar-refractivity contribution in [1.29, 1.82) is 0 Å². The summed E-state index contributed by atoms with van der Waals surface area (Å²) < 4.78 is 43.9. The topological polar surface area (TPSA) is 67.4 Å². The first-order valence-electron chi connectivity index (χ1n) is 8.74. The van der Waals surface area contributed by atoms with Crippen molar-refractivity contribution in [3.8, 4) is 5.75 Å². The number of hydrogen-bond donors (Lipinski definition) is 2. The van der Waals surface area contributed by atoms with Gasteiger partial charge < -0.3 is 15.4 Å². The summed E-state index contributed by atoms with van der Waals surface area (Å²) in [4.78, 5) is 24.7. The van der Waals surface area contributed by atoms with Crippen molar-refractivity contribution in [2.45, 2.75) is 18.6 Å². The van der Waals surface area contributed by atoms with E-state index in [9.17, 15) is 22.8 Å². The molecule has 0 saturated heterocycles. The quantitative estimate of drug-likeness (QED) is 0.637. The molecule has 2 amide bonds. The Kier molecular flexibility index (Phi) is 8.38. The zero-order valence-corrected chi connectivity index (χ0v) is 16.5. The average molecular weight is 426 g/mol. The van der Waals surface area contributed by atoms with E-state index < -0.39 is 29.6 Å². The fourth-order valence-electron chi connectivity index (χ4n) is 2.41. The molecular formula is C20H21F3N2O3S. The summed E-state index contributed by atoms with van der Waals surface area (Å²) in [6.45, 7) is -0.281. The first-order valence-corrected chi connectivity index (χ1v) is 10.1. The van der Waals surface area contributed by atoms with Gasteiger partial charge in [-0.25, -0.2) is 0 Å². The Morgan fingerprint density at radius 2 is 1.83 bits per heavy atom. The molecule has 0 saturated carbocycles. The van der Waals surface area contributed by atoms with Crippen molar-refractivity contribution in [2.24, 2.45) is 0 Å². The summed E-state index contributed by atoms with van der Waals surface area (Å²) in [5.74, 6) is 0.00264. The molecule has 156 valence electrons. The maximum atomic E-state index is 12.8. The molecule has 0 spiro atoms. The van der Waals surface area contributed by atoms with Crippen molar-refractivity contribution in [3.63, 3.8) is 0 Å². The number of rotatable bonds is 9. The van der Waals surface area contributed by atoms with E-state index in [1.165, 1.54) is 23.9 Å². The van der Waals surface area contributed by atoms with E-state index >= 15 is 0 Å². The second kappa shape index (κ2) is 10.8. The Balaban J connectivity index is 1.99. The summed E-state index contributed by atoms with van der Waals surface area (Å²) in [7, 11) is 0. The van der Waals surface area contributed by atoms with Gasteiger partial charge in [0, 0.05) is 5.69 Å². The van der Waals surface area contributed by atoms with Gasteiger partial charge >= 0.3 is 6.18 Å². The molecule has 0 fully saturated rings. The van der Waals surface area contributed by atoms with Gasteiger partial charge in [0.25, 0.3) is 5.91 Å². The Bertz CT molecular complexity index is 816. The molecule has 0 radical (unpaired) electrons. The molecule has 5 nitrogen and oxygen atoms in total. The van der Waals surface area contributed by atoms with Crippen LogP contribution >= 0.6 is 11.8 Å². The minimum absolute atomic E-state index is 0.00811. The van der Waals surface area contributed by atoms with Crippen LogP contribution in [0.5, 0.6) is 5.75 Å². The minimum atomic E-state index is -4.51. The molecule has 9 heteroatoms. The Morgan fingerprint density at radius 3 is 2.48 bits per heavy atom. The van der Waals surface area contributed by atoms with Gasteiger partial charge in [-0.15, -0.1) is 0 Å². The summed E-state index contributed by atoms with van der Waals surface area (Å²) in [5, 5.41) is 5.01. The molecule has 0 unspecified atom stereocenters. The Morgan fingerprint density at radius 1 is 1.10 bits per heavy atom. The molecule has 0 heterocycles. The minimum Gasteiger partial charge on any atom is -0.484 e. The number of hydrogen-bond acceptors (Lipinski definition) is 4. The summed E-state index contributed by atoms with van der Waals surface area (Å²) in [6.07, 6.45) is -2.34. The first kappa shape index (κ1) is 22.6. The van der Waals surface area contributed by atoms with Gasteiger partial charge in [0.15, 0.2) is 6.61 Å². The van der Waals surface area contributed by atoms with E-state index in [0.717, 1.165) is 12.1 Å². The van der Waals surface area contributed by atoms with Crippen LogP contribution in [0.4, 0.5) is 18.9 Å². The zero-order valence-electron chi connectivity index (χ0n) is 15.7. The molecular weight excluding hydrogens is 405 g/mol.